The maximum atomic E-state index is 13.2. The monoisotopic (exact) mass is 300 g/mol. The highest BCUT2D eigenvalue weighted by Gasteiger charge is 2.36. The van der Waals surface area contributed by atoms with E-state index in [2.05, 4.69) is 4.98 Å². The van der Waals surface area contributed by atoms with Crippen molar-refractivity contribution in [3.05, 3.63) is 65.7 Å². The lowest BCUT2D eigenvalue weighted by atomic mass is 9.97. The number of halogens is 1. The van der Waals surface area contributed by atoms with Crippen molar-refractivity contribution in [1.29, 1.82) is 0 Å². The number of benzene rings is 1. The molecular formula is C17H17FN2O2. The van der Waals surface area contributed by atoms with Gasteiger partial charge in [0.15, 0.2) is 0 Å². The van der Waals surface area contributed by atoms with Gasteiger partial charge in [0, 0.05) is 18.9 Å². The first-order valence-electron chi connectivity index (χ1n) is 7.31. The second kappa shape index (κ2) is 6.23. The van der Waals surface area contributed by atoms with Crippen LogP contribution in [0.1, 0.15) is 30.0 Å². The molecule has 114 valence electrons. The van der Waals surface area contributed by atoms with Gasteiger partial charge in [-0.15, -0.1) is 0 Å². The third-order valence-electron chi connectivity index (χ3n) is 4.10. The van der Waals surface area contributed by atoms with Crippen LogP contribution < -0.4 is 0 Å². The van der Waals surface area contributed by atoms with Gasteiger partial charge < -0.3 is 5.11 Å². The molecule has 2 heterocycles. The van der Waals surface area contributed by atoms with E-state index in [9.17, 15) is 14.3 Å². The Morgan fingerprint density at radius 3 is 2.68 bits per heavy atom. The summed E-state index contributed by atoms with van der Waals surface area (Å²) in [7, 11) is 0. The molecule has 1 aromatic carbocycles. The molecule has 4 nitrogen and oxygen atoms in total. The van der Waals surface area contributed by atoms with Crippen molar-refractivity contribution in [2.45, 2.75) is 24.9 Å². The van der Waals surface area contributed by atoms with Gasteiger partial charge in [-0.3, -0.25) is 14.7 Å². The van der Waals surface area contributed by atoms with Gasteiger partial charge in [-0.05, 0) is 42.2 Å². The Kier molecular flexibility index (Phi) is 4.15. The third kappa shape index (κ3) is 2.85. The van der Waals surface area contributed by atoms with Crippen molar-refractivity contribution in [3.8, 4) is 0 Å². The second-order valence-corrected chi connectivity index (χ2v) is 5.47. The van der Waals surface area contributed by atoms with E-state index in [0.29, 0.717) is 13.0 Å². The maximum Gasteiger partial charge on any atom is 0.320 e. The number of nitrogens with zero attached hydrogens (tertiary/aromatic N) is 2. The van der Waals surface area contributed by atoms with Gasteiger partial charge in [0.25, 0.3) is 0 Å². The first-order chi connectivity index (χ1) is 10.7. The van der Waals surface area contributed by atoms with Gasteiger partial charge in [0.1, 0.15) is 11.9 Å². The van der Waals surface area contributed by atoms with E-state index in [1.54, 1.807) is 24.5 Å². The summed E-state index contributed by atoms with van der Waals surface area (Å²) >= 11 is 0. The van der Waals surface area contributed by atoms with Crippen LogP contribution in [-0.4, -0.2) is 33.5 Å². The molecule has 1 aromatic heterocycles. The number of pyridine rings is 1. The summed E-state index contributed by atoms with van der Waals surface area (Å²) in [4.78, 5) is 17.6. The smallest absolute Gasteiger partial charge is 0.320 e. The number of rotatable bonds is 4. The third-order valence-corrected chi connectivity index (χ3v) is 4.10. The average Bonchev–Trinajstić information content (AvgIpc) is 3.00. The molecule has 0 radical (unpaired) electrons. The number of hydrogen-bond acceptors (Lipinski definition) is 3. The lowest BCUT2D eigenvalue weighted by molar-refractivity contribution is -0.142. The van der Waals surface area contributed by atoms with E-state index in [1.165, 1.54) is 12.1 Å². The first-order valence-corrected chi connectivity index (χ1v) is 7.31. The zero-order chi connectivity index (χ0) is 15.5. The van der Waals surface area contributed by atoms with Crippen LogP contribution in [0.2, 0.25) is 0 Å². The maximum absolute atomic E-state index is 13.2. The van der Waals surface area contributed by atoms with Crippen LogP contribution in [0, 0.1) is 5.82 Å². The fourth-order valence-electron chi connectivity index (χ4n) is 3.12. The molecule has 5 heteroatoms. The van der Waals surface area contributed by atoms with E-state index in [4.69, 9.17) is 0 Å². The number of hydrogen-bond donors (Lipinski definition) is 1. The Bertz CT molecular complexity index is 645. The highest BCUT2D eigenvalue weighted by atomic mass is 19.1. The lowest BCUT2D eigenvalue weighted by Gasteiger charge is -2.31. The number of carboxylic acid groups (broad SMARTS) is 1. The number of aromatic nitrogens is 1. The molecule has 1 aliphatic heterocycles. The van der Waals surface area contributed by atoms with Crippen LogP contribution in [0.25, 0.3) is 0 Å². The minimum absolute atomic E-state index is 0.224. The molecule has 0 saturated carbocycles. The summed E-state index contributed by atoms with van der Waals surface area (Å²) in [6, 6.07) is 9.26. The van der Waals surface area contributed by atoms with Gasteiger partial charge in [-0.25, -0.2) is 4.39 Å². The van der Waals surface area contributed by atoms with E-state index < -0.39 is 12.0 Å². The van der Waals surface area contributed by atoms with E-state index in [-0.39, 0.29) is 11.9 Å². The molecular weight excluding hydrogens is 283 g/mol. The van der Waals surface area contributed by atoms with Crippen molar-refractivity contribution >= 4 is 5.97 Å². The molecule has 3 rings (SSSR count). The summed E-state index contributed by atoms with van der Waals surface area (Å²) < 4.78 is 13.2. The van der Waals surface area contributed by atoms with Crippen molar-refractivity contribution in [2.24, 2.45) is 0 Å². The molecule has 1 N–H and O–H groups in total. The first kappa shape index (κ1) is 14.7. The quantitative estimate of drug-likeness (QED) is 0.943. The Hall–Kier alpha value is -2.27. The van der Waals surface area contributed by atoms with Crippen LogP contribution >= 0.6 is 0 Å². The Morgan fingerprint density at radius 2 is 2.05 bits per heavy atom. The van der Waals surface area contributed by atoms with E-state index in [1.807, 2.05) is 17.0 Å². The minimum Gasteiger partial charge on any atom is -0.480 e. The number of aliphatic carboxylic acids is 1. The fourth-order valence-corrected chi connectivity index (χ4v) is 3.12. The molecule has 0 amide bonds. The van der Waals surface area contributed by atoms with Crippen LogP contribution in [0.4, 0.5) is 4.39 Å². The molecule has 2 atom stereocenters. The molecule has 22 heavy (non-hydrogen) atoms. The number of likely N-dealkylation sites (tertiary alicyclic amines) is 1. The largest absolute Gasteiger partial charge is 0.480 e. The van der Waals surface area contributed by atoms with Gasteiger partial charge in [0.2, 0.25) is 0 Å². The molecule has 2 aromatic rings. The van der Waals surface area contributed by atoms with Crippen LogP contribution in [0.15, 0.2) is 48.8 Å². The van der Waals surface area contributed by atoms with Gasteiger partial charge in [-0.2, -0.15) is 0 Å². The van der Waals surface area contributed by atoms with Crippen molar-refractivity contribution in [2.75, 3.05) is 6.54 Å². The van der Waals surface area contributed by atoms with E-state index >= 15 is 0 Å². The predicted octanol–water partition coefficient (Wildman–Crippen LogP) is 2.86. The SMILES string of the molecule is O=C(O)C1CCCN1C(c1ccc(F)cc1)c1cccnc1. The molecule has 0 aliphatic carbocycles. The summed E-state index contributed by atoms with van der Waals surface area (Å²) in [6.45, 7) is 0.702. The van der Waals surface area contributed by atoms with Crippen LogP contribution in [-0.2, 0) is 4.79 Å². The Morgan fingerprint density at radius 1 is 1.27 bits per heavy atom. The van der Waals surface area contributed by atoms with Crippen LogP contribution in [0.5, 0.6) is 0 Å². The zero-order valence-electron chi connectivity index (χ0n) is 12.0. The van der Waals surface area contributed by atoms with Gasteiger partial charge >= 0.3 is 5.97 Å². The highest BCUT2D eigenvalue weighted by Crippen LogP contribution is 2.34. The molecule has 1 fully saturated rings. The molecule has 2 unspecified atom stereocenters. The van der Waals surface area contributed by atoms with Crippen molar-refractivity contribution < 1.29 is 14.3 Å². The molecule has 0 bridgehead atoms. The Balaban J connectivity index is 2.03. The summed E-state index contributed by atoms with van der Waals surface area (Å²) in [5, 5.41) is 9.45. The predicted molar refractivity (Wildman–Crippen MR) is 79.8 cm³/mol. The van der Waals surface area contributed by atoms with Gasteiger partial charge in [-0.1, -0.05) is 18.2 Å². The summed E-state index contributed by atoms with van der Waals surface area (Å²) in [6.07, 6.45) is 4.90. The van der Waals surface area contributed by atoms with E-state index in [0.717, 1.165) is 17.5 Å². The number of carbonyl (C=O) groups is 1. The fraction of sp³-hybridized carbons (Fsp3) is 0.294. The summed E-state index contributed by atoms with van der Waals surface area (Å²) in [5.41, 5.74) is 1.80. The van der Waals surface area contributed by atoms with Crippen LogP contribution in [0.3, 0.4) is 0 Å². The molecule has 1 saturated heterocycles. The molecule has 1 aliphatic rings. The van der Waals surface area contributed by atoms with Crippen molar-refractivity contribution in [1.82, 2.24) is 9.88 Å². The Labute approximate surface area is 128 Å². The molecule has 0 spiro atoms. The summed E-state index contributed by atoms with van der Waals surface area (Å²) in [5.74, 6) is -1.11. The topological polar surface area (TPSA) is 53.4 Å². The van der Waals surface area contributed by atoms with Gasteiger partial charge in [0.05, 0.1) is 6.04 Å². The standard InChI is InChI=1S/C17H17FN2O2/c18-14-7-5-12(6-8-14)16(13-3-1-9-19-11-13)20-10-2-4-15(20)17(21)22/h1,3,5-9,11,15-16H,2,4,10H2,(H,21,22). The minimum atomic E-state index is -0.812. The number of carboxylic acids is 1. The lowest BCUT2D eigenvalue weighted by Crippen LogP contribution is -2.39. The average molecular weight is 300 g/mol. The normalized spacial score (nSPS) is 20.0. The van der Waals surface area contributed by atoms with Crippen molar-refractivity contribution in [3.63, 3.8) is 0 Å². The highest BCUT2D eigenvalue weighted by molar-refractivity contribution is 5.74. The zero-order valence-corrected chi connectivity index (χ0v) is 12.0. The second-order valence-electron chi connectivity index (χ2n) is 5.47.